The number of rotatable bonds is 16. The Morgan fingerprint density at radius 1 is 0.531 bits per heavy atom. The summed E-state index contributed by atoms with van der Waals surface area (Å²) in [6.07, 6.45) is 20.5. The summed E-state index contributed by atoms with van der Waals surface area (Å²) in [5.74, 6) is -0.935. The quantitative estimate of drug-likeness (QED) is 0.0553. The van der Waals surface area contributed by atoms with Crippen LogP contribution in [-0.4, -0.2) is 49.4 Å². The van der Waals surface area contributed by atoms with E-state index in [0.717, 1.165) is 79.6 Å². The molecule has 4 aromatic carbocycles. The molecule has 64 heavy (non-hydrogen) atoms. The molecule has 2 aliphatic rings. The van der Waals surface area contributed by atoms with Crippen LogP contribution >= 0.6 is 0 Å². The number of barbiturate groups is 1. The van der Waals surface area contributed by atoms with Crippen LogP contribution in [0.4, 0.5) is 4.79 Å². The van der Waals surface area contributed by atoms with Gasteiger partial charge in [0, 0.05) is 67.9 Å². The number of carbonyl (C=O) groups excluding carboxylic acids is 3. The lowest BCUT2D eigenvalue weighted by atomic mass is 9.80. The maximum atomic E-state index is 15.2. The lowest BCUT2D eigenvalue weighted by Crippen LogP contribution is -2.59. The van der Waals surface area contributed by atoms with Crippen molar-refractivity contribution in [2.45, 2.75) is 150 Å². The predicted octanol–water partition coefficient (Wildman–Crippen LogP) is 13.2. The van der Waals surface area contributed by atoms with Gasteiger partial charge in [0.25, 0.3) is 11.8 Å². The fourth-order valence-corrected chi connectivity index (χ4v) is 10.9. The lowest BCUT2D eigenvalue weighted by Gasteiger charge is -2.39. The third-order valence-corrected chi connectivity index (χ3v) is 14.0. The van der Waals surface area contributed by atoms with E-state index in [4.69, 9.17) is 0 Å². The third-order valence-electron chi connectivity index (χ3n) is 14.0. The lowest BCUT2D eigenvalue weighted by molar-refractivity contribution is -0.137. The minimum Gasteiger partial charge on any atom is -0.338 e. The van der Waals surface area contributed by atoms with E-state index in [9.17, 15) is 4.79 Å². The van der Waals surface area contributed by atoms with E-state index in [1.807, 2.05) is 6.92 Å². The molecule has 2 aromatic heterocycles. The molecule has 7 nitrogen and oxygen atoms in total. The summed E-state index contributed by atoms with van der Waals surface area (Å²) >= 11 is 0. The van der Waals surface area contributed by atoms with Crippen LogP contribution in [0.5, 0.6) is 0 Å². The predicted molar refractivity (Wildman–Crippen MR) is 267 cm³/mol. The normalized spacial score (nSPS) is 18.8. The van der Waals surface area contributed by atoms with E-state index in [1.54, 1.807) is 0 Å². The largest absolute Gasteiger partial charge is 0.338 e. The van der Waals surface area contributed by atoms with Crippen molar-refractivity contribution in [2.75, 3.05) is 6.54 Å². The molecule has 1 saturated heterocycles. The fourth-order valence-electron chi connectivity index (χ4n) is 10.9. The summed E-state index contributed by atoms with van der Waals surface area (Å²) in [6.45, 7) is 15.6. The van der Waals surface area contributed by atoms with Gasteiger partial charge in [-0.25, -0.2) is 4.79 Å². The Morgan fingerprint density at radius 2 is 1.03 bits per heavy atom. The van der Waals surface area contributed by atoms with Crippen molar-refractivity contribution >= 4 is 73.3 Å². The molecule has 334 valence electrons. The van der Waals surface area contributed by atoms with E-state index >= 15 is 9.59 Å². The van der Waals surface area contributed by atoms with Crippen molar-refractivity contribution < 1.29 is 14.4 Å². The van der Waals surface area contributed by atoms with Crippen molar-refractivity contribution in [3.8, 4) is 0 Å². The van der Waals surface area contributed by atoms with Gasteiger partial charge in [-0.05, 0) is 117 Å². The van der Waals surface area contributed by atoms with Crippen molar-refractivity contribution in [3.63, 3.8) is 0 Å². The molecule has 3 heterocycles. The van der Waals surface area contributed by atoms with E-state index < -0.39 is 17.8 Å². The maximum absolute atomic E-state index is 15.2. The zero-order valence-corrected chi connectivity index (χ0v) is 39.4. The molecule has 0 bridgehead atoms. The van der Waals surface area contributed by atoms with Gasteiger partial charge in [0.2, 0.25) is 0 Å². The van der Waals surface area contributed by atoms with Crippen molar-refractivity contribution in [1.29, 1.82) is 0 Å². The number of carbonyl (C=O) groups is 3. The number of imide groups is 2. The SMILES string of the molecule is CCCCCC(C)N1C(=O)C(=C2/C(=C/C=c3c4cccc5cccc(c54)n3C(C)CCC)CCC/C2=C\C=c2c3cccc4cccc(c43)n2C(C)CCC)C(=O)N(CCCC)C1=O. The summed E-state index contributed by atoms with van der Waals surface area (Å²) in [5.41, 5.74) is 5.19. The Bertz CT molecular complexity index is 2750. The van der Waals surface area contributed by atoms with Gasteiger partial charge < -0.3 is 9.13 Å². The molecule has 3 unspecified atom stereocenters. The van der Waals surface area contributed by atoms with Gasteiger partial charge in [0.15, 0.2) is 0 Å². The maximum Gasteiger partial charge on any atom is 0.334 e. The van der Waals surface area contributed by atoms with Gasteiger partial charge in [0.05, 0.1) is 0 Å². The Kier molecular flexibility index (Phi) is 13.7. The first-order valence-electron chi connectivity index (χ1n) is 24.5. The average molecular weight is 857 g/mol. The number of benzene rings is 4. The van der Waals surface area contributed by atoms with Gasteiger partial charge in [-0.1, -0.05) is 139 Å². The molecule has 2 fully saturated rings. The number of hydrogen-bond acceptors (Lipinski definition) is 3. The minimum absolute atomic E-state index is 0.132. The highest BCUT2D eigenvalue weighted by molar-refractivity contribution is 6.30. The highest BCUT2D eigenvalue weighted by Crippen LogP contribution is 2.40. The molecule has 0 spiro atoms. The Balaban J connectivity index is 1.41. The summed E-state index contributed by atoms with van der Waals surface area (Å²) in [7, 11) is 0. The smallest absolute Gasteiger partial charge is 0.334 e. The van der Waals surface area contributed by atoms with Crippen molar-refractivity contribution in [1.82, 2.24) is 18.9 Å². The second-order valence-corrected chi connectivity index (χ2v) is 18.6. The number of aromatic nitrogens is 2. The Hall–Kier alpha value is -5.69. The number of nitrogens with zero attached hydrogens (tertiary/aromatic N) is 4. The first-order valence-corrected chi connectivity index (χ1v) is 24.5. The molecule has 1 aliphatic carbocycles. The molecule has 4 amide bonds. The van der Waals surface area contributed by atoms with Crippen LogP contribution in [0, 0.1) is 0 Å². The van der Waals surface area contributed by atoms with Gasteiger partial charge in [-0.3, -0.25) is 19.4 Å². The molecule has 3 atom stereocenters. The Morgan fingerprint density at radius 3 is 1.52 bits per heavy atom. The van der Waals surface area contributed by atoms with Crippen LogP contribution in [0.15, 0.2) is 107 Å². The van der Waals surface area contributed by atoms with E-state index in [0.29, 0.717) is 31.3 Å². The van der Waals surface area contributed by atoms with Gasteiger partial charge in [-0.15, -0.1) is 0 Å². The number of urea groups is 1. The van der Waals surface area contributed by atoms with Crippen LogP contribution in [0.2, 0.25) is 0 Å². The molecular weight excluding hydrogens is 789 g/mol. The average Bonchev–Trinajstić information content (AvgIpc) is 3.79. The molecule has 0 N–H and O–H groups in total. The number of hydrogen-bond donors (Lipinski definition) is 0. The summed E-state index contributed by atoms with van der Waals surface area (Å²) < 4.78 is 4.97. The molecular formula is C57H68N4O3. The second-order valence-electron chi connectivity index (χ2n) is 18.6. The number of unbranched alkanes of at least 4 members (excludes halogenated alkanes) is 3. The van der Waals surface area contributed by atoms with Crippen LogP contribution in [0.1, 0.15) is 144 Å². The van der Waals surface area contributed by atoms with Crippen LogP contribution in [0.3, 0.4) is 0 Å². The first kappa shape index (κ1) is 44.9. The summed E-state index contributed by atoms with van der Waals surface area (Å²) in [4.78, 5) is 47.4. The van der Waals surface area contributed by atoms with Gasteiger partial charge >= 0.3 is 6.03 Å². The van der Waals surface area contributed by atoms with Crippen LogP contribution in [-0.2, 0) is 9.59 Å². The molecule has 1 aliphatic heterocycles. The zero-order chi connectivity index (χ0) is 45.1. The topological polar surface area (TPSA) is 67.6 Å². The molecule has 8 rings (SSSR count). The van der Waals surface area contributed by atoms with Crippen LogP contribution in [0.25, 0.3) is 55.5 Å². The molecule has 7 heteroatoms. The van der Waals surface area contributed by atoms with Crippen molar-refractivity contribution in [2.24, 2.45) is 0 Å². The third kappa shape index (κ3) is 8.16. The van der Waals surface area contributed by atoms with E-state index in [-0.39, 0.29) is 30.2 Å². The zero-order valence-electron chi connectivity index (χ0n) is 39.4. The number of amides is 4. The van der Waals surface area contributed by atoms with Crippen LogP contribution < -0.4 is 10.7 Å². The molecule has 1 saturated carbocycles. The number of allylic oxidation sites excluding steroid dienone is 5. The van der Waals surface area contributed by atoms with E-state index in [2.05, 4.69) is 148 Å². The standard InChI is InChI=1S/C57H68N4O3/c1-8-12-14-22-40(7)61-56(63)54(55(62)58(57(61)64)37-13-9-2)51-43(33-35-47-45-29-16-25-41-27-18-31-49(52(41)45)59(47)38(5)20-10-3)23-15-24-44(51)34-36-48-46-30-17-26-42-28-19-32-50(53(42)46)60(48)39(6)21-11-4/h16-19,25-36,38-40H,8-15,20-24,37H2,1-7H3/b43-33+,44-34+,47-35?,48-36?,54-51?. The highest BCUT2D eigenvalue weighted by Gasteiger charge is 2.46. The van der Waals surface area contributed by atoms with Gasteiger partial charge in [-0.2, -0.15) is 0 Å². The summed E-state index contributed by atoms with van der Waals surface area (Å²) in [6, 6.07) is 26.0. The fraction of sp³-hybridized carbons (Fsp3) is 0.421. The highest BCUT2D eigenvalue weighted by atomic mass is 16.2. The van der Waals surface area contributed by atoms with Gasteiger partial charge in [0.1, 0.15) is 5.57 Å². The van der Waals surface area contributed by atoms with Crippen molar-refractivity contribution in [3.05, 3.63) is 118 Å². The first-order chi connectivity index (χ1) is 31.1. The second kappa shape index (κ2) is 19.6. The minimum atomic E-state index is -0.484. The molecule has 6 aromatic rings. The summed E-state index contributed by atoms with van der Waals surface area (Å²) in [5, 5.41) is 9.61. The Labute approximate surface area is 379 Å². The monoisotopic (exact) mass is 857 g/mol. The van der Waals surface area contributed by atoms with E-state index in [1.165, 1.54) is 53.2 Å². The molecule has 0 radical (unpaired) electrons.